The van der Waals surface area contributed by atoms with Crippen LogP contribution in [0.4, 0.5) is 0 Å². The normalized spacial score (nSPS) is 9.83. The molecule has 0 atom stereocenters. The number of amides is 1. The minimum Gasteiger partial charge on any atom is -0.457 e. The summed E-state index contributed by atoms with van der Waals surface area (Å²) in [6.07, 6.45) is 2.41. The van der Waals surface area contributed by atoms with Gasteiger partial charge in [-0.15, -0.1) is 0 Å². The molecule has 4 heteroatoms. The number of hydrogen-bond acceptors (Lipinski definition) is 2. The molecule has 1 heterocycles. The lowest BCUT2D eigenvalue weighted by Gasteiger charge is -1.99. The van der Waals surface area contributed by atoms with Crippen LogP contribution in [-0.2, 0) is 0 Å². The molecular weight excluding hydrogens is 222 g/mol. The van der Waals surface area contributed by atoms with E-state index in [-0.39, 0.29) is 5.91 Å². The van der Waals surface area contributed by atoms with Gasteiger partial charge < -0.3 is 9.73 Å². The predicted octanol–water partition coefficient (Wildman–Crippen LogP) is 2.18. The lowest BCUT2D eigenvalue weighted by atomic mass is 10.3. The van der Waals surface area contributed by atoms with Gasteiger partial charge in [0.15, 0.2) is 4.67 Å². The minimum atomic E-state index is -0.0996. The highest BCUT2D eigenvalue weighted by molar-refractivity contribution is 9.10. The van der Waals surface area contributed by atoms with Crippen LogP contribution in [0, 0.1) is 0 Å². The van der Waals surface area contributed by atoms with Crippen LogP contribution in [0.2, 0.25) is 0 Å². The van der Waals surface area contributed by atoms with Crippen molar-refractivity contribution in [3.8, 4) is 0 Å². The van der Waals surface area contributed by atoms with Crippen LogP contribution in [0.3, 0.4) is 0 Å². The van der Waals surface area contributed by atoms with E-state index in [4.69, 9.17) is 4.42 Å². The van der Waals surface area contributed by atoms with E-state index in [0.29, 0.717) is 16.8 Å². The number of carbonyl (C=O) groups is 1. The molecule has 0 radical (unpaired) electrons. The number of furan rings is 1. The fourth-order valence-corrected chi connectivity index (χ4v) is 1.21. The molecule has 0 aromatic carbocycles. The Morgan fingerprint density at radius 3 is 3.00 bits per heavy atom. The lowest BCUT2D eigenvalue weighted by Crippen LogP contribution is -2.23. The molecule has 1 rings (SSSR count). The van der Waals surface area contributed by atoms with E-state index < -0.39 is 0 Å². The van der Waals surface area contributed by atoms with Gasteiger partial charge in [-0.3, -0.25) is 4.79 Å². The largest absolute Gasteiger partial charge is 0.457 e. The van der Waals surface area contributed by atoms with E-state index in [1.54, 1.807) is 6.07 Å². The quantitative estimate of drug-likeness (QED) is 0.867. The maximum atomic E-state index is 11.3. The molecule has 0 aliphatic carbocycles. The minimum absolute atomic E-state index is 0.0996. The van der Waals surface area contributed by atoms with Crippen molar-refractivity contribution in [3.63, 3.8) is 0 Å². The van der Waals surface area contributed by atoms with Crippen molar-refractivity contribution in [1.29, 1.82) is 0 Å². The molecule has 12 heavy (non-hydrogen) atoms. The van der Waals surface area contributed by atoms with E-state index in [2.05, 4.69) is 21.2 Å². The second-order valence-corrected chi connectivity index (χ2v) is 3.08. The van der Waals surface area contributed by atoms with Crippen molar-refractivity contribution in [1.82, 2.24) is 5.32 Å². The highest BCUT2D eigenvalue weighted by Crippen LogP contribution is 2.16. The first-order chi connectivity index (χ1) is 5.75. The van der Waals surface area contributed by atoms with Crippen molar-refractivity contribution in [2.75, 3.05) is 6.54 Å². The smallest absolute Gasteiger partial charge is 0.255 e. The van der Waals surface area contributed by atoms with E-state index in [9.17, 15) is 4.79 Å². The van der Waals surface area contributed by atoms with Crippen molar-refractivity contribution < 1.29 is 9.21 Å². The summed E-state index contributed by atoms with van der Waals surface area (Å²) in [6.45, 7) is 2.70. The number of nitrogens with one attached hydrogen (secondary N) is 1. The first-order valence-electron chi connectivity index (χ1n) is 3.77. The molecule has 1 aromatic rings. The van der Waals surface area contributed by atoms with Crippen molar-refractivity contribution in [2.45, 2.75) is 13.3 Å². The van der Waals surface area contributed by atoms with Gasteiger partial charge in [0.05, 0.1) is 11.8 Å². The van der Waals surface area contributed by atoms with Gasteiger partial charge in [0.1, 0.15) is 0 Å². The number of rotatable bonds is 3. The predicted molar refractivity (Wildman–Crippen MR) is 49.0 cm³/mol. The molecular formula is C8H10BrNO2. The van der Waals surface area contributed by atoms with Gasteiger partial charge in [-0.2, -0.15) is 0 Å². The SMILES string of the molecule is CCCNC(=O)c1ccoc1Br. The molecule has 0 saturated heterocycles. The van der Waals surface area contributed by atoms with Crippen molar-refractivity contribution in [3.05, 3.63) is 22.6 Å². The zero-order chi connectivity index (χ0) is 8.97. The summed E-state index contributed by atoms with van der Waals surface area (Å²) in [4.78, 5) is 11.3. The standard InChI is InChI=1S/C8H10BrNO2/c1-2-4-10-8(11)6-3-5-12-7(6)9/h3,5H,2,4H2,1H3,(H,10,11). The van der Waals surface area contributed by atoms with Gasteiger partial charge >= 0.3 is 0 Å². The number of halogens is 1. The number of hydrogen-bond donors (Lipinski definition) is 1. The van der Waals surface area contributed by atoms with Gasteiger partial charge in [-0.25, -0.2) is 0 Å². The Bertz CT molecular complexity index is 270. The van der Waals surface area contributed by atoms with Gasteiger partial charge in [0.25, 0.3) is 5.91 Å². The van der Waals surface area contributed by atoms with Crippen LogP contribution in [-0.4, -0.2) is 12.5 Å². The Kier molecular flexibility index (Phi) is 3.34. The average molecular weight is 232 g/mol. The third-order valence-electron chi connectivity index (χ3n) is 1.40. The van der Waals surface area contributed by atoms with Crippen molar-refractivity contribution in [2.24, 2.45) is 0 Å². The monoisotopic (exact) mass is 231 g/mol. The molecule has 0 spiro atoms. The topological polar surface area (TPSA) is 42.2 Å². The molecule has 0 unspecified atom stereocenters. The summed E-state index contributed by atoms with van der Waals surface area (Å²) < 4.78 is 5.40. The van der Waals surface area contributed by atoms with Crippen molar-refractivity contribution >= 4 is 21.8 Å². The van der Waals surface area contributed by atoms with E-state index in [1.807, 2.05) is 6.92 Å². The first-order valence-corrected chi connectivity index (χ1v) is 4.56. The molecule has 1 amide bonds. The molecule has 66 valence electrons. The maximum absolute atomic E-state index is 11.3. The molecule has 0 saturated carbocycles. The second-order valence-electron chi connectivity index (χ2n) is 2.36. The van der Waals surface area contributed by atoms with Crippen LogP contribution >= 0.6 is 15.9 Å². The van der Waals surface area contributed by atoms with Crippen LogP contribution in [0.25, 0.3) is 0 Å². The molecule has 0 fully saturated rings. The third-order valence-corrected chi connectivity index (χ3v) is 2.01. The first kappa shape index (κ1) is 9.32. The fourth-order valence-electron chi connectivity index (χ4n) is 0.790. The fraction of sp³-hybridized carbons (Fsp3) is 0.375. The van der Waals surface area contributed by atoms with Crippen LogP contribution in [0.1, 0.15) is 23.7 Å². The summed E-state index contributed by atoms with van der Waals surface area (Å²) in [5.41, 5.74) is 0.545. The highest BCUT2D eigenvalue weighted by Gasteiger charge is 2.10. The van der Waals surface area contributed by atoms with E-state index in [0.717, 1.165) is 6.42 Å². The van der Waals surface area contributed by atoms with Gasteiger partial charge in [0.2, 0.25) is 0 Å². The molecule has 1 N–H and O–H groups in total. The molecule has 1 aromatic heterocycles. The highest BCUT2D eigenvalue weighted by atomic mass is 79.9. The summed E-state index contributed by atoms with van der Waals surface area (Å²) >= 11 is 3.13. The Hall–Kier alpha value is -0.770. The summed E-state index contributed by atoms with van der Waals surface area (Å²) in [6, 6.07) is 1.63. The number of carbonyl (C=O) groups excluding carboxylic acids is 1. The summed E-state index contributed by atoms with van der Waals surface area (Å²) in [5, 5.41) is 2.75. The molecule has 0 bridgehead atoms. The van der Waals surface area contributed by atoms with E-state index >= 15 is 0 Å². The molecule has 0 aliphatic rings. The maximum Gasteiger partial charge on any atom is 0.255 e. The average Bonchev–Trinajstić information content (AvgIpc) is 2.47. The Balaban J connectivity index is 2.59. The van der Waals surface area contributed by atoms with Crippen LogP contribution in [0.5, 0.6) is 0 Å². The lowest BCUT2D eigenvalue weighted by molar-refractivity contribution is 0.0952. The van der Waals surface area contributed by atoms with Crippen LogP contribution in [0.15, 0.2) is 21.4 Å². The van der Waals surface area contributed by atoms with Gasteiger partial charge in [-0.05, 0) is 28.4 Å². The zero-order valence-electron chi connectivity index (χ0n) is 6.76. The second kappa shape index (κ2) is 4.30. The Morgan fingerprint density at radius 1 is 1.75 bits per heavy atom. The Labute approximate surface area is 79.3 Å². The molecule has 0 aliphatic heterocycles. The van der Waals surface area contributed by atoms with Crippen LogP contribution < -0.4 is 5.32 Å². The molecule has 3 nitrogen and oxygen atoms in total. The van der Waals surface area contributed by atoms with Gasteiger partial charge in [0, 0.05) is 6.54 Å². The summed E-state index contributed by atoms with van der Waals surface area (Å²) in [5.74, 6) is -0.0996. The third kappa shape index (κ3) is 2.11. The zero-order valence-corrected chi connectivity index (χ0v) is 8.35. The Morgan fingerprint density at radius 2 is 2.50 bits per heavy atom. The summed E-state index contributed by atoms with van der Waals surface area (Å²) in [7, 11) is 0. The van der Waals surface area contributed by atoms with E-state index in [1.165, 1.54) is 6.26 Å². The van der Waals surface area contributed by atoms with Gasteiger partial charge in [-0.1, -0.05) is 6.92 Å².